The Balaban J connectivity index is 1.66. The molecule has 2 aromatic carbocycles. The number of carbonyl (C=O) groups is 2. The standard InChI is InChI=1S/C20H22N2O4S/c1-2-25-18(23)14-21-20(24)22-11-12-27-19(22)15-7-6-10-17(13-15)26-16-8-4-3-5-9-16/h3-10,13,19H,2,11-12,14H2,1H3,(H,21,24)/t19-/m1/s1. The van der Waals surface area contributed by atoms with Crippen LogP contribution < -0.4 is 10.1 Å². The molecular formula is C20H22N2O4S. The molecule has 2 amide bonds. The fourth-order valence-corrected chi connectivity index (χ4v) is 4.02. The molecule has 1 atom stereocenters. The second kappa shape index (κ2) is 9.32. The van der Waals surface area contributed by atoms with Gasteiger partial charge in [-0.25, -0.2) is 4.79 Å². The lowest BCUT2D eigenvalue weighted by atomic mass is 10.2. The van der Waals surface area contributed by atoms with Crippen molar-refractivity contribution in [2.45, 2.75) is 12.3 Å². The average molecular weight is 386 g/mol. The normalized spacial score (nSPS) is 16.0. The fourth-order valence-electron chi connectivity index (χ4n) is 2.77. The van der Waals surface area contributed by atoms with Gasteiger partial charge in [0.25, 0.3) is 0 Å². The summed E-state index contributed by atoms with van der Waals surface area (Å²) in [6.07, 6.45) is 0. The first-order valence-corrected chi connectivity index (χ1v) is 9.87. The van der Waals surface area contributed by atoms with E-state index in [4.69, 9.17) is 9.47 Å². The first-order valence-electron chi connectivity index (χ1n) is 8.82. The third kappa shape index (κ3) is 5.17. The Hall–Kier alpha value is -2.67. The summed E-state index contributed by atoms with van der Waals surface area (Å²) in [6.45, 7) is 2.52. The van der Waals surface area contributed by atoms with E-state index in [0.717, 1.165) is 22.8 Å². The Labute approximate surface area is 162 Å². The fraction of sp³-hybridized carbons (Fsp3) is 0.300. The van der Waals surface area contributed by atoms with E-state index in [9.17, 15) is 9.59 Å². The Bertz CT molecular complexity index is 785. The molecule has 1 saturated heterocycles. The molecule has 6 nitrogen and oxygen atoms in total. The van der Waals surface area contributed by atoms with E-state index in [1.54, 1.807) is 23.6 Å². The summed E-state index contributed by atoms with van der Waals surface area (Å²) in [5.74, 6) is 1.88. The Morgan fingerprint density at radius 2 is 1.93 bits per heavy atom. The Morgan fingerprint density at radius 3 is 2.70 bits per heavy atom. The van der Waals surface area contributed by atoms with Crippen molar-refractivity contribution in [3.63, 3.8) is 0 Å². The maximum atomic E-state index is 12.5. The van der Waals surface area contributed by atoms with Gasteiger partial charge in [0.15, 0.2) is 0 Å². The molecule has 2 aromatic rings. The smallest absolute Gasteiger partial charge is 0.325 e. The van der Waals surface area contributed by atoms with E-state index >= 15 is 0 Å². The monoisotopic (exact) mass is 386 g/mol. The molecule has 0 saturated carbocycles. The van der Waals surface area contributed by atoms with Gasteiger partial charge < -0.3 is 19.7 Å². The number of hydrogen-bond donors (Lipinski definition) is 1. The van der Waals surface area contributed by atoms with Crippen molar-refractivity contribution in [3.05, 3.63) is 60.2 Å². The van der Waals surface area contributed by atoms with Crippen LogP contribution in [0.5, 0.6) is 11.5 Å². The summed E-state index contributed by atoms with van der Waals surface area (Å²) in [4.78, 5) is 25.7. The molecule has 1 N–H and O–H groups in total. The first kappa shape index (κ1) is 19.1. The summed E-state index contributed by atoms with van der Waals surface area (Å²) in [6, 6.07) is 17.0. The molecule has 0 aliphatic carbocycles. The highest BCUT2D eigenvalue weighted by Gasteiger charge is 2.31. The van der Waals surface area contributed by atoms with Crippen LogP contribution in [-0.4, -0.2) is 42.3 Å². The van der Waals surface area contributed by atoms with Crippen molar-refractivity contribution >= 4 is 23.8 Å². The van der Waals surface area contributed by atoms with Crippen LogP contribution in [0.4, 0.5) is 4.79 Å². The van der Waals surface area contributed by atoms with Crippen LogP contribution in [0, 0.1) is 0 Å². The van der Waals surface area contributed by atoms with Crippen LogP contribution in [-0.2, 0) is 9.53 Å². The molecule has 3 rings (SSSR count). The number of para-hydroxylation sites is 1. The number of carbonyl (C=O) groups excluding carboxylic acids is 2. The highest BCUT2D eigenvalue weighted by molar-refractivity contribution is 7.99. The molecule has 1 aliphatic heterocycles. The van der Waals surface area contributed by atoms with Gasteiger partial charge in [0.05, 0.1) is 6.61 Å². The molecule has 142 valence electrons. The highest BCUT2D eigenvalue weighted by Crippen LogP contribution is 2.39. The van der Waals surface area contributed by atoms with Crippen LogP contribution in [0.3, 0.4) is 0 Å². The van der Waals surface area contributed by atoms with E-state index in [1.807, 2.05) is 54.6 Å². The zero-order valence-electron chi connectivity index (χ0n) is 15.1. The van der Waals surface area contributed by atoms with Crippen molar-refractivity contribution in [1.29, 1.82) is 0 Å². The molecule has 0 bridgehead atoms. The molecule has 27 heavy (non-hydrogen) atoms. The molecule has 1 heterocycles. The number of nitrogens with zero attached hydrogens (tertiary/aromatic N) is 1. The largest absolute Gasteiger partial charge is 0.465 e. The van der Waals surface area contributed by atoms with Crippen molar-refractivity contribution in [2.24, 2.45) is 0 Å². The summed E-state index contributed by atoms with van der Waals surface area (Å²) < 4.78 is 10.7. The van der Waals surface area contributed by atoms with Gasteiger partial charge in [-0.15, -0.1) is 11.8 Å². The lowest BCUT2D eigenvalue weighted by Crippen LogP contribution is -2.41. The van der Waals surface area contributed by atoms with E-state index in [-0.39, 0.29) is 17.9 Å². The van der Waals surface area contributed by atoms with Gasteiger partial charge in [-0.1, -0.05) is 30.3 Å². The topological polar surface area (TPSA) is 67.9 Å². The summed E-state index contributed by atoms with van der Waals surface area (Å²) >= 11 is 1.68. The molecule has 0 unspecified atom stereocenters. The zero-order chi connectivity index (χ0) is 19.1. The number of nitrogens with one attached hydrogen (secondary N) is 1. The van der Waals surface area contributed by atoms with E-state index in [1.165, 1.54) is 0 Å². The minimum atomic E-state index is -0.437. The summed E-state index contributed by atoms with van der Waals surface area (Å²) in [5, 5.41) is 2.51. The SMILES string of the molecule is CCOC(=O)CNC(=O)N1CCS[C@@H]1c1cccc(Oc2ccccc2)c1. The molecule has 1 aliphatic rings. The van der Waals surface area contributed by atoms with E-state index in [0.29, 0.717) is 13.2 Å². The second-order valence-corrected chi connectivity index (χ2v) is 7.06. The molecule has 1 fully saturated rings. The van der Waals surface area contributed by atoms with Gasteiger partial charge in [-0.05, 0) is 36.8 Å². The number of rotatable bonds is 6. The average Bonchev–Trinajstić information content (AvgIpc) is 3.17. The molecule has 0 spiro atoms. The van der Waals surface area contributed by atoms with Gasteiger partial charge in [0.1, 0.15) is 23.4 Å². The molecule has 7 heteroatoms. The maximum Gasteiger partial charge on any atom is 0.325 e. The quantitative estimate of drug-likeness (QED) is 0.765. The van der Waals surface area contributed by atoms with Crippen LogP contribution in [0.15, 0.2) is 54.6 Å². The third-order valence-corrected chi connectivity index (χ3v) is 5.22. The third-order valence-electron chi connectivity index (χ3n) is 3.96. The van der Waals surface area contributed by atoms with Gasteiger partial charge in [0, 0.05) is 12.3 Å². The number of amides is 2. The zero-order valence-corrected chi connectivity index (χ0v) is 15.9. The minimum Gasteiger partial charge on any atom is -0.465 e. The lowest BCUT2D eigenvalue weighted by molar-refractivity contribution is -0.141. The van der Waals surface area contributed by atoms with Gasteiger partial charge in [-0.3, -0.25) is 4.79 Å². The number of benzene rings is 2. The number of hydrogen-bond acceptors (Lipinski definition) is 5. The van der Waals surface area contributed by atoms with Crippen molar-refractivity contribution in [3.8, 4) is 11.5 Å². The number of ether oxygens (including phenoxy) is 2. The van der Waals surface area contributed by atoms with Gasteiger partial charge >= 0.3 is 12.0 Å². The van der Waals surface area contributed by atoms with Crippen LogP contribution in [0.25, 0.3) is 0 Å². The van der Waals surface area contributed by atoms with Gasteiger partial charge in [0.2, 0.25) is 0 Å². The number of urea groups is 1. The minimum absolute atomic E-state index is 0.119. The molecular weight excluding hydrogens is 364 g/mol. The Morgan fingerprint density at radius 1 is 1.15 bits per heavy atom. The van der Waals surface area contributed by atoms with Crippen molar-refractivity contribution < 1.29 is 19.1 Å². The van der Waals surface area contributed by atoms with Crippen LogP contribution in [0.1, 0.15) is 17.9 Å². The first-order chi connectivity index (χ1) is 13.2. The lowest BCUT2D eigenvalue weighted by Gasteiger charge is -2.24. The molecule has 0 aromatic heterocycles. The number of thioether (sulfide) groups is 1. The predicted molar refractivity (Wildman–Crippen MR) is 105 cm³/mol. The predicted octanol–water partition coefficient (Wildman–Crippen LogP) is 3.80. The summed E-state index contributed by atoms with van der Waals surface area (Å²) in [7, 11) is 0. The van der Waals surface area contributed by atoms with E-state index in [2.05, 4.69) is 5.32 Å². The van der Waals surface area contributed by atoms with Crippen molar-refractivity contribution in [2.75, 3.05) is 25.4 Å². The van der Waals surface area contributed by atoms with E-state index < -0.39 is 5.97 Å². The van der Waals surface area contributed by atoms with Crippen LogP contribution in [0.2, 0.25) is 0 Å². The highest BCUT2D eigenvalue weighted by atomic mass is 32.2. The van der Waals surface area contributed by atoms with Crippen molar-refractivity contribution in [1.82, 2.24) is 10.2 Å². The Kier molecular flexibility index (Phi) is 6.59. The van der Waals surface area contributed by atoms with Crippen LogP contribution >= 0.6 is 11.8 Å². The second-order valence-electron chi connectivity index (χ2n) is 5.87. The molecule has 0 radical (unpaired) electrons. The summed E-state index contributed by atoms with van der Waals surface area (Å²) in [5.41, 5.74) is 0.984. The maximum absolute atomic E-state index is 12.5. The number of esters is 1. The van der Waals surface area contributed by atoms with Gasteiger partial charge in [-0.2, -0.15) is 0 Å².